The molecule has 0 radical (unpaired) electrons. The number of hydroxylamine groups is 1. The van der Waals surface area contributed by atoms with E-state index in [9.17, 15) is 4.79 Å². The summed E-state index contributed by atoms with van der Waals surface area (Å²) in [6.07, 6.45) is 2.95. The topological polar surface area (TPSA) is 64.6 Å². The minimum atomic E-state index is -0.554. The number of hydrogen-bond donors (Lipinski definition) is 3. The summed E-state index contributed by atoms with van der Waals surface area (Å²) in [5, 5.41) is 11.9. The fourth-order valence-electron chi connectivity index (χ4n) is 2.33. The number of nitrogens with one attached hydrogen (secondary N) is 2. The van der Waals surface area contributed by atoms with Crippen LogP contribution in [0.3, 0.4) is 0 Å². The fraction of sp³-hybridized carbons (Fsp3) is 0.211. The number of anilines is 1. The maximum atomic E-state index is 11.1. The number of hydrogen-bond acceptors (Lipinski definition) is 4. The quantitative estimate of drug-likeness (QED) is 0.416. The number of para-hydroxylation sites is 1. The minimum Gasteiger partial charge on any atom is -0.380 e. The SMILES string of the molecule is CN(C)Cc1ccc(CNc2ccccc2C=CC(=O)NO)cc1. The van der Waals surface area contributed by atoms with Gasteiger partial charge in [-0.15, -0.1) is 0 Å². The van der Waals surface area contributed by atoms with Crippen molar-refractivity contribution < 1.29 is 10.0 Å². The van der Waals surface area contributed by atoms with Gasteiger partial charge in [0.1, 0.15) is 0 Å². The summed E-state index contributed by atoms with van der Waals surface area (Å²) in [5.41, 5.74) is 5.85. The number of amides is 1. The average Bonchev–Trinajstić information content (AvgIpc) is 2.59. The zero-order chi connectivity index (χ0) is 17.4. The third-order valence-corrected chi connectivity index (χ3v) is 3.49. The lowest BCUT2D eigenvalue weighted by molar-refractivity contribution is -0.124. The van der Waals surface area contributed by atoms with Crippen molar-refractivity contribution in [1.82, 2.24) is 10.4 Å². The van der Waals surface area contributed by atoms with Crippen molar-refractivity contribution >= 4 is 17.7 Å². The lowest BCUT2D eigenvalue weighted by Gasteiger charge is -2.12. The Morgan fingerprint density at radius 2 is 1.75 bits per heavy atom. The van der Waals surface area contributed by atoms with Gasteiger partial charge in [0, 0.05) is 24.9 Å². The number of rotatable bonds is 7. The van der Waals surface area contributed by atoms with Gasteiger partial charge in [-0.2, -0.15) is 0 Å². The molecule has 0 aliphatic heterocycles. The molecule has 2 aromatic rings. The van der Waals surface area contributed by atoms with Crippen LogP contribution in [-0.2, 0) is 17.9 Å². The van der Waals surface area contributed by atoms with Crippen molar-refractivity contribution in [1.29, 1.82) is 0 Å². The van der Waals surface area contributed by atoms with Crippen molar-refractivity contribution in [3.05, 3.63) is 71.3 Å². The highest BCUT2D eigenvalue weighted by Crippen LogP contribution is 2.18. The van der Waals surface area contributed by atoms with Crippen LogP contribution in [0.5, 0.6) is 0 Å². The highest BCUT2D eigenvalue weighted by Gasteiger charge is 2.01. The van der Waals surface area contributed by atoms with Crippen LogP contribution in [0.15, 0.2) is 54.6 Å². The molecule has 1 amide bonds. The molecule has 0 heterocycles. The first-order valence-corrected chi connectivity index (χ1v) is 7.76. The van der Waals surface area contributed by atoms with E-state index in [0.717, 1.165) is 17.8 Å². The average molecular weight is 325 g/mol. The van der Waals surface area contributed by atoms with Crippen LogP contribution in [-0.4, -0.2) is 30.1 Å². The van der Waals surface area contributed by atoms with Crippen LogP contribution in [0.1, 0.15) is 16.7 Å². The number of carbonyl (C=O) groups excluding carboxylic acids is 1. The van der Waals surface area contributed by atoms with Crippen LogP contribution >= 0.6 is 0 Å². The smallest absolute Gasteiger partial charge is 0.267 e. The van der Waals surface area contributed by atoms with Gasteiger partial charge in [-0.25, -0.2) is 5.48 Å². The largest absolute Gasteiger partial charge is 0.380 e. The van der Waals surface area contributed by atoms with E-state index in [1.807, 2.05) is 24.3 Å². The van der Waals surface area contributed by atoms with E-state index >= 15 is 0 Å². The van der Waals surface area contributed by atoms with Gasteiger partial charge >= 0.3 is 0 Å². The molecule has 0 aliphatic rings. The molecule has 3 N–H and O–H groups in total. The molecule has 0 spiro atoms. The lowest BCUT2D eigenvalue weighted by Crippen LogP contribution is -2.14. The summed E-state index contributed by atoms with van der Waals surface area (Å²) < 4.78 is 0. The Hall–Kier alpha value is -2.63. The first-order valence-electron chi connectivity index (χ1n) is 7.76. The maximum Gasteiger partial charge on any atom is 0.267 e. The maximum absolute atomic E-state index is 11.1. The van der Waals surface area contributed by atoms with Crippen LogP contribution in [0.4, 0.5) is 5.69 Å². The molecular weight excluding hydrogens is 302 g/mol. The van der Waals surface area contributed by atoms with Gasteiger partial charge in [0.2, 0.25) is 0 Å². The summed E-state index contributed by atoms with van der Waals surface area (Å²) in [6, 6.07) is 16.2. The number of carbonyl (C=O) groups is 1. The number of benzene rings is 2. The van der Waals surface area contributed by atoms with E-state index in [2.05, 4.69) is 48.6 Å². The van der Waals surface area contributed by atoms with E-state index < -0.39 is 5.91 Å². The van der Waals surface area contributed by atoms with Crippen LogP contribution in [0, 0.1) is 0 Å². The molecule has 5 heteroatoms. The standard InChI is InChI=1S/C19H23N3O2/c1-22(2)14-16-9-7-15(8-10-16)13-20-18-6-4-3-5-17(18)11-12-19(23)21-24/h3-12,20,24H,13-14H2,1-2H3,(H,21,23). The first kappa shape index (κ1) is 17.7. The Balaban J connectivity index is 2.01. The van der Waals surface area contributed by atoms with Gasteiger partial charge in [0.05, 0.1) is 0 Å². The summed E-state index contributed by atoms with van der Waals surface area (Å²) in [7, 11) is 4.11. The van der Waals surface area contributed by atoms with Crippen molar-refractivity contribution in [2.24, 2.45) is 0 Å². The molecule has 0 aromatic heterocycles. The van der Waals surface area contributed by atoms with Gasteiger partial charge in [0.15, 0.2) is 0 Å². The highest BCUT2D eigenvalue weighted by atomic mass is 16.5. The highest BCUT2D eigenvalue weighted by molar-refractivity contribution is 5.91. The molecule has 2 aromatic carbocycles. The molecule has 5 nitrogen and oxygen atoms in total. The van der Waals surface area contributed by atoms with Crippen molar-refractivity contribution in [2.75, 3.05) is 19.4 Å². The predicted molar refractivity (Wildman–Crippen MR) is 96.6 cm³/mol. The summed E-state index contributed by atoms with van der Waals surface area (Å²) >= 11 is 0. The molecule has 126 valence electrons. The second kappa shape index (κ2) is 8.86. The fourth-order valence-corrected chi connectivity index (χ4v) is 2.33. The summed E-state index contributed by atoms with van der Waals surface area (Å²) in [6.45, 7) is 1.62. The molecule has 0 fully saturated rings. The van der Waals surface area contributed by atoms with Crippen molar-refractivity contribution in [2.45, 2.75) is 13.1 Å². The lowest BCUT2D eigenvalue weighted by atomic mass is 10.1. The first-order chi connectivity index (χ1) is 11.6. The predicted octanol–water partition coefficient (Wildman–Crippen LogP) is 2.88. The zero-order valence-corrected chi connectivity index (χ0v) is 14.0. The third-order valence-electron chi connectivity index (χ3n) is 3.49. The Labute approximate surface area is 142 Å². The zero-order valence-electron chi connectivity index (χ0n) is 14.0. The number of nitrogens with zero attached hydrogens (tertiary/aromatic N) is 1. The van der Waals surface area contributed by atoms with Crippen molar-refractivity contribution in [3.63, 3.8) is 0 Å². The normalized spacial score (nSPS) is 11.0. The van der Waals surface area contributed by atoms with Crippen LogP contribution < -0.4 is 10.8 Å². The van der Waals surface area contributed by atoms with E-state index in [4.69, 9.17) is 5.21 Å². The Morgan fingerprint density at radius 1 is 1.08 bits per heavy atom. The van der Waals surface area contributed by atoms with Gasteiger partial charge in [-0.05, 0) is 42.9 Å². The summed E-state index contributed by atoms with van der Waals surface area (Å²) in [5.74, 6) is -0.554. The summed E-state index contributed by atoms with van der Waals surface area (Å²) in [4.78, 5) is 13.2. The molecule has 0 aliphatic carbocycles. The molecule has 2 rings (SSSR count). The van der Waals surface area contributed by atoms with Gasteiger partial charge in [-0.1, -0.05) is 42.5 Å². The third kappa shape index (κ3) is 5.53. The Bertz CT molecular complexity index is 694. The van der Waals surface area contributed by atoms with Gasteiger partial charge in [-0.3, -0.25) is 10.0 Å². The molecule has 24 heavy (non-hydrogen) atoms. The van der Waals surface area contributed by atoms with E-state index in [1.54, 1.807) is 11.6 Å². The second-order valence-corrected chi connectivity index (χ2v) is 5.80. The van der Waals surface area contributed by atoms with Crippen molar-refractivity contribution in [3.8, 4) is 0 Å². The molecule has 0 saturated heterocycles. The minimum absolute atomic E-state index is 0.554. The van der Waals surface area contributed by atoms with Crippen LogP contribution in [0.2, 0.25) is 0 Å². The monoisotopic (exact) mass is 325 g/mol. The molecule has 0 saturated carbocycles. The van der Waals surface area contributed by atoms with Crippen LogP contribution in [0.25, 0.3) is 6.08 Å². The van der Waals surface area contributed by atoms with E-state index in [-0.39, 0.29) is 0 Å². The Kier molecular flexibility index (Phi) is 6.54. The second-order valence-electron chi connectivity index (χ2n) is 5.80. The van der Waals surface area contributed by atoms with Gasteiger partial charge in [0.25, 0.3) is 5.91 Å². The van der Waals surface area contributed by atoms with Gasteiger partial charge < -0.3 is 10.2 Å². The Morgan fingerprint density at radius 3 is 2.42 bits per heavy atom. The molecular formula is C19H23N3O2. The molecule has 0 bridgehead atoms. The van der Waals surface area contributed by atoms with E-state index in [0.29, 0.717) is 6.54 Å². The van der Waals surface area contributed by atoms with E-state index in [1.165, 1.54) is 17.2 Å². The molecule has 0 atom stereocenters. The molecule has 0 unspecified atom stereocenters.